The predicted molar refractivity (Wildman–Crippen MR) is 76.8 cm³/mol. The third-order valence-electron chi connectivity index (χ3n) is 2.75. The van der Waals surface area contributed by atoms with Crippen LogP contribution in [0.25, 0.3) is 17.4 Å². The van der Waals surface area contributed by atoms with Crippen LogP contribution in [-0.2, 0) is 0 Å². The molecule has 1 aromatic carbocycles. The second kappa shape index (κ2) is 5.80. The molecular weight excluding hydrogens is 298 g/mol. The Morgan fingerprint density at radius 1 is 1.38 bits per heavy atom. The average Bonchev–Trinajstić information content (AvgIpc) is 2.87. The molecule has 7 heteroatoms. The first-order chi connectivity index (χ1) is 9.88. The van der Waals surface area contributed by atoms with Crippen molar-refractivity contribution in [3.63, 3.8) is 0 Å². The molecule has 0 amide bonds. The maximum Gasteiger partial charge on any atom is 0.337 e. The van der Waals surface area contributed by atoms with Gasteiger partial charge in [0.25, 0.3) is 0 Å². The molecule has 0 saturated heterocycles. The van der Waals surface area contributed by atoms with Gasteiger partial charge in [-0.2, -0.15) is 0 Å². The summed E-state index contributed by atoms with van der Waals surface area (Å²) in [6.45, 7) is 1.35. The van der Waals surface area contributed by atoms with Gasteiger partial charge < -0.3 is 9.52 Å². The summed E-state index contributed by atoms with van der Waals surface area (Å²) < 4.78 is 5.45. The zero-order chi connectivity index (χ0) is 15.6. The molecule has 1 N–H and O–H groups in total. The lowest BCUT2D eigenvalue weighted by atomic mass is 10.1. The van der Waals surface area contributed by atoms with E-state index >= 15 is 0 Å². The minimum atomic E-state index is -1.14. The molecule has 0 aliphatic heterocycles. The minimum absolute atomic E-state index is 0.0378. The molecule has 0 radical (unpaired) electrons. The summed E-state index contributed by atoms with van der Waals surface area (Å²) in [4.78, 5) is 21.1. The van der Waals surface area contributed by atoms with Crippen LogP contribution in [0.1, 0.15) is 23.0 Å². The normalized spacial score (nSPS) is 11.4. The summed E-state index contributed by atoms with van der Waals surface area (Å²) in [7, 11) is 0. The Morgan fingerprint density at radius 2 is 2.10 bits per heavy atom. The number of carbonyl (C=O) groups is 1. The van der Waals surface area contributed by atoms with E-state index in [0.717, 1.165) is 0 Å². The SMILES string of the molecule is C/C(=C/c1ccc(-c2ccc(Cl)c(C(=O)O)c2)o1)[N+](=O)[O-]. The van der Waals surface area contributed by atoms with Crippen molar-refractivity contribution in [2.45, 2.75) is 6.92 Å². The van der Waals surface area contributed by atoms with Crippen molar-refractivity contribution in [3.8, 4) is 11.3 Å². The van der Waals surface area contributed by atoms with Crippen LogP contribution in [0.3, 0.4) is 0 Å². The molecule has 0 atom stereocenters. The van der Waals surface area contributed by atoms with Gasteiger partial charge in [0.15, 0.2) is 0 Å². The number of halogens is 1. The fourth-order valence-corrected chi connectivity index (χ4v) is 1.88. The quantitative estimate of drug-likeness (QED) is 0.682. The largest absolute Gasteiger partial charge is 0.478 e. The molecule has 21 heavy (non-hydrogen) atoms. The monoisotopic (exact) mass is 307 g/mol. The topological polar surface area (TPSA) is 93.6 Å². The van der Waals surface area contributed by atoms with E-state index in [-0.39, 0.29) is 16.3 Å². The van der Waals surface area contributed by atoms with Crippen molar-refractivity contribution >= 4 is 23.6 Å². The van der Waals surface area contributed by atoms with Crippen LogP contribution in [0, 0.1) is 10.1 Å². The van der Waals surface area contributed by atoms with Gasteiger partial charge in [-0.25, -0.2) is 4.79 Å². The Labute approximate surface area is 124 Å². The molecule has 0 unspecified atom stereocenters. The maximum atomic E-state index is 11.0. The summed E-state index contributed by atoms with van der Waals surface area (Å²) in [5.41, 5.74) is 0.428. The summed E-state index contributed by atoms with van der Waals surface area (Å²) in [6, 6.07) is 7.63. The van der Waals surface area contributed by atoms with Gasteiger partial charge in [0.2, 0.25) is 5.70 Å². The lowest BCUT2D eigenvalue weighted by Gasteiger charge is -2.01. The van der Waals surface area contributed by atoms with Crippen LogP contribution < -0.4 is 0 Å². The Bertz CT molecular complexity index is 748. The number of carboxylic acids is 1. The second-order valence-corrected chi connectivity index (χ2v) is 4.65. The molecule has 0 fully saturated rings. The fourth-order valence-electron chi connectivity index (χ4n) is 1.69. The van der Waals surface area contributed by atoms with Crippen molar-refractivity contribution in [2.24, 2.45) is 0 Å². The lowest BCUT2D eigenvalue weighted by molar-refractivity contribution is -0.422. The van der Waals surface area contributed by atoms with E-state index in [1.54, 1.807) is 18.2 Å². The highest BCUT2D eigenvalue weighted by molar-refractivity contribution is 6.33. The smallest absolute Gasteiger partial charge is 0.337 e. The highest BCUT2D eigenvalue weighted by Gasteiger charge is 2.12. The van der Waals surface area contributed by atoms with E-state index in [0.29, 0.717) is 17.1 Å². The molecule has 2 aromatic rings. The van der Waals surface area contributed by atoms with Crippen LogP contribution in [0.15, 0.2) is 40.4 Å². The van der Waals surface area contributed by atoms with E-state index < -0.39 is 10.9 Å². The molecule has 1 aromatic heterocycles. The summed E-state index contributed by atoms with van der Waals surface area (Å²) in [6.07, 6.45) is 1.29. The van der Waals surface area contributed by atoms with Gasteiger partial charge in [-0.3, -0.25) is 10.1 Å². The standard InChI is InChI=1S/C14H10ClNO5/c1-8(16(19)20)6-10-3-5-13(21-10)9-2-4-12(15)11(7-9)14(17)18/h2-7H,1H3,(H,17,18)/b8-6-. The molecular formula is C14H10ClNO5. The number of aromatic carboxylic acids is 1. The average molecular weight is 308 g/mol. The van der Waals surface area contributed by atoms with E-state index in [9.17, 15) is 14.9 Å². The van der Waals surface area contributed by atoms with Crippen LogP contribution in [0.4, 0.5) is 0 Å². The van der Waals surface area contributed by atoms with E-state index in [4.69, 9.17) is 21.1 Å². The lowest BCUT2D eigenvalue weighted by Crippen LogP contribution is -1.97. The van der Waals surface area contributed by atoms with Crippen molar-refractivity contribution in [1.82, 2.24) is 0 Å². The minimum Gasteiger partial charge on any atom is -0.478 e. The molecule has 0 bridgehead atoms. The molecule has 1 heterocycles. The van der Waals surface area contributed by atoms with Gasteiger partial charge in [0.1, 0.15) is 11.5 Å². The number of carboxylic acid groups (broad SMARTS) is 1. The second-order valence-electron chi connectivity index (χ2n) is 4.24. The van der Waals surface area contributed by atoms with Crippen LogP contribution in [0.2, 0.25) is 5.02 Å². The molecule has 0 spiro atoms. The number of hydrogen-bond acceptors (Lipinski definition) is 4. The van der Waals surface area contributed by atoms with Crippen LogP contribution in [0.5, 0.6) is 0 Å². The van der Waals surface area contributed by atoms with Gasteiger partial charge >= 0.3 is 5.97 Å². The Hall–Kier alpha value is -2.60. The highest BCUT2D eigenvalue weighted by atomic mass is 35.5. The first-order valence-corrected chi connectivity index (χ1v) is 6.22. The van der Waals surface area contributed by atoms with E-state index in [1.165, 1.54) is 25.1 Å². The molecule has 108 valence electrons. The number of benzene rings is 1. The number of furan rings is 1. The molecule has 0 saturated carbocycles. The Kier molecular flexibility index (Phi) is 4.09. The van der Waals surface area contributed by atoms with Crippen LogP contribution in [-0.4, -0.2) is 16.0 Å². The number of nitro groups is 1. The van der Waals surface area contributed by atoms with E-state index in [1.807, 2.05) is 0 Å². The predicted octanol–water partition coefficient (Wildman–Crippen LogP) is 3.94. The Morgan fingerprint density at radius 3 is 2.71 bits per heavy atom. The molecule has 2 rings (SSSR count). The number of nitrogens with zero attached hydrogens (tertiary/aromatic N) is 1. The van der Waals surface area contributed by atoms with Gasteiger partial charge in [-0.15, -0.1) is 0 Å². The highest BCUT2D eigenvalue weighted by Crippen LogP contribution is 2.27. The van der Waals surface area contributed by atoms with Crippen molar-refractivity contribution in [3.05, 3.63) is 62.5 Å². The van der Waals surface area contributed by atoms with Gasteiger partial charge in [0, 0.05) is 12.5 Å². The molecule has 0 aliphatic rings. The maximum absolute atomic E-state index is 11.0. The molecule has 0 aliphatic carbocycles. The number of allylic oxidation sites excluding steroid dienone is 1. The fraction of sp³-hybridized carbons (Fsp3) is 0.0714. The third kappa shape index (κ3) is 3.29. The first-order valence-electron chi connectivity index (χ1n) is 5.84. The zero-order valence-electron chi connectivity index (χ0n) is 10.9. The van der Waals surface area contributed by atoms with Crippen LogP contribution >= 0.6 is 11.6 Å². The van der Waals surface area contributed by atoms with Crippen molar-refractivity contribution in [2.75, 3.05) is 0 Å². The third-order valence-corrected chi connectivity index (χ3v) is 3.08. The van der Waals surface area contributed by atoms with E-state index in [2.05, 4.69) is 0 Å². The van der Waals surface area contributed by atoms with Crippen molar-refractivity contribution in [1.29, 1.82) is 0 Å². The van der Waals surface area contributed by atoms with Gasteiger partial charge in [-0.05, 0) is 30.3 Å². The number of rotatable bonds is 4. The number of hydrogen-bond donors (Lipinski definition) is 1. The Balaban J connectivity index is 2.38. The summed E-state index contributed by atoms with van der Waals surface area (Å²) >= 11 is 5.79. The van der Waals surface area contributed by atoms with Crippen molar-refractivity contribution < 1.29 is 19.2 Å². The molecule has 6 nitrogen and oxygen atoms in total. The zero-order valence-corrected chi connectivity index (χ0v) is 11.6. The first kappa shape index (κ1) is 14.8. The van der Waals surface area contributed by atoms with Gasteiger partial charge in [-0.1, -0.05) is 11.6 Å². The summed E-state index contributed by atoms with van der Waals surface area (Å²) in [5, 5.41) is 19.7. The van der Waals surface area contributed by atoms with Gasteiger partial charge in [0.05, 0.1) is 21.6 Å². The summed E-state index contributed by atoms with van der Waals surface area (Å²) in [5.74, 6) is -0.430.